The van der Waals surface area contributed by atoms with Crippen molar-refractivity contribution in [3.8, 4) is 0 Å². The molecule has 0 atom stereocenters. The van der Waals surface area contributed by atoms with Gasteiger partial charge >= 0.3 is 0 Å². The SMILES string of the molecule is Cc1ccc(NC2=C(c3ccc([N+](=O)[O-])cc3)C(=O)N(Cc3cccnc3)C2=O)cc1. The van der Waals surface area contributed by atoms with E-state index < -0.39 is 16.7 Å². The second-order valence-electron chi connectivity index (χ2n) is 7.10. The van der Waals surface area contributed by atoms with Crippen molar-refractivity contribution in [1.82, 2.24) is 9.88 Å². The highest BCUT2D eigenvalue weighted by molar-refractivity contribution is 6.36. The molecule has 1 N–H and O–H groups in total. The minimum absolute atomic E-state index is 0.0705. The number of aryl methyl sites for hydroxylation is 1. The molecule has 0 spiro atoms. The molecule has 1 aliphatic rings. The molecular weight excluding hydrogens is 396 g/mol. The molecular formula is C23H18N4O4. The van der Waals surface area contributed by atoms with Crippen LogP contribution in [0.3, 0.4) is 0 Å². The topological polar surface area (TPSA) is 105 Å². The minimum atomic E-state index is -0.514. The van der Waals surface area contributed by atoms with Crippen LogP contribution < -0.4 is 5.32 Å². The van der Waals surface area contributed by atoms with Crippen molar-refractivity contribution < 1.29 is 14.5 Å². The first kappa shape index (κ1) is 20.0. The first-order valence-corrected chi connectivity index (χ1v) is 9.52. The summed E-state index contributed by atoms with van der Waals surface area (Å²) in [6.45, 7) is 2.02. The van der Waals surface area contributed by atoms with Gasteiger partial charge in [0.2, 0.25) is 0 Å². The predicted molar refractivity (Wildman–Crippen MR) is 115 cm³/mol. The van der Waals surface area contributed by atoms with Crippen LogP contribution in [0.5, 0.6) is 0 Å². The number of anilines is 1. The fourth-order valence-corrected chi connectivity index (χ4v) is 3.31. The number of carbonyl (C=O) groups is 2. The number of nitro benzene ring substituents is 1. The molecule has 8 nitrogen and oxygen atoms in total. The number of benzene rings is 2. The quantitative estimate of drug-likeness (QED) is 0.375. The zero-order valence-corrected chi connectivity index (χ0v) is 16.6. The zero-order valence-electron chi connectivity index (χ0n) is 16.6. The van der Waals surface area contributed by atoms with Gasteiger partial charge in [0, 0.05) is 30.2 Å². The lowest BCUT2D eigenvalue weighted by atomic mass is 10.0. The summed E-state index contributed by atoms with van der Waals surface area (Å²) < 4.78 is 0. The summed E-state index contributed by atoms with van der Waals surface area (Å²) in [4.78, 5) is 42.1. The Bertz CT molecular complexity index is 1190. The van der Waals surface area contributed by atoms with E-state index in [9.17, 15) is 19.7 Å². The van der Waals surface area contributed by atoms with E-state index in [0.29, 0.717) is 16.8 Å². The Labute approximate surface area is 178 Å². The number of nitro groups is 1. The van der Waals surface area contributed by atoms with Crippen LogP contribution in [0.25, 0.3) is 5.57 Å². The molecule has 2 heterocycles. The molecule has 3 aromatic rings. The van der Waals surface area contributed by atoms with E-state index >= 15 is 0 Å². The highest BCUT2D eigenvalue weighted by atomic mass is 16.6. The highest BCUT2D eigenvalue weighted by Gasteiger charge is 2.39. The summed E-state index contributed by atoms with van der Waals surface area (Å²) in [5.74, 6) is -0.944. The van der Waals surface area contributed by atoms with Crippen molar-refractivity contribution in [1.29, 1.82) is 0 Å². The summed E-state index contributed by atoms with van der Waals surface area (Å²) in [7, 11) is 0. The van der Waals surface area contributed by atoms with E-state index in [2.05, 4.69) is 10.3 Å². The van der Waals surface area contributed by atoms with Crippen molar-refractivity contribution in [3.05, 3.63) is 106 Å². The number of pyridine rings is 1. The predicted octanol–water partition coefficient (Wildman–Crippen LogP) is 3.69. The maximum Gasteiger partial charge on any atom is 0.278 e. The van der Waals surface area contributed by atoms with Crippen molar-refractivity contribution in [2.45, 2.75) is 13.5 Å². The Morgan fingerprint density at radius 1 is 1.00 bits per heavy atom. The van der Waals surface area contributed by atoms with Gasteiger partial charge in [-0.25, -0.2) is 0 Å². The molecule has 31 heavy (non-hydrogen) atoms. The summed E-state index contributed by atoms with van der Waals surface area (Å²) in [6.07, 6.45) is 3.21. The van der Waals surface area contributed by atoms with E-state index in [1.54, 1.807) is 24.5 Å². The van der Waals surface area contributed by atoms with Gasteiger partial charge in [0.15, 0.2) is 0 Å². The Morgan fingerprint density at radius 3 is 2.32 bits per heavy atom. The molecule has 0 radical (unpaired) electrons. The monoisotopic (exact) mass is 414 g/mol. The number of nitrogens with zero attached hydrogens (tertiary/aromatic N) is 3. The Balaban J connectivity index is 1.74. The van der Waals surface area contributed by atoms with Crippen LogP contribution in [-0.2, 0) is 16.1 Å². The maximum absolute atomic E-state index is 13.2. The third-order valence-electron chi connectivity index (χ3n) is 4.92. The van der Waals surface area contributed by atoms with E-state index in [4.69, 9.17) is 0 Å². The van der Waals surface area contributed by atoms with E-state index in [-0.39, 0.29) is 23.5 Å². The Kier molecular flexibility index (Phi) is 5.28. The summed E-state index contributed by atoms with van der Waals surface area (Å²) in [5.41, 5.74) is 3.06. The molecule has 0 bridgehead atoms. The van der Waals surface area contributed by atoms with E-state index in [1.165, 1.54) is 24.3 Å². The molecule has 0 fully saturated rings. The van der Waals surface area contributed by atoms with E-state index in [0.717, 1.165) is 10.5 Å². The normalized spacial score (nSPS) is 13.6. The van der Waals surface area contributed by atoms with Gasteiger partial charge in [0.05, 0.1) is 17.0 Å². The van der Waals surface area contributed by atoms with Crippen molar-refractivity contribution >= 4 is 28.8 Å². The van der Waals surface area contributed by atoms with Gasteiger partial charge in [0.25, 0.3) is 17.5 Å². The number of non-ortho nitro benzene ring substituents is 1. The molecule has 0 saturated heterocycles. The molecule has 1 aliphatic heterocycles. The number of nitrogens with one attached hydrogen (secondary N) is 1. The number of hydrogen-bond donors (Lipinski definition) is 1. The summed E-state index contributed by atoms with van der Waals surface area (Å²) in [6, 6.07) is 16.5. The summed E-state index contributed by atoms with van der Waals surface area (Å²) in [5, 5.41) is 14.1. The van der Waals surface area contributed by atoms with E-state index in [1.807, 2.05) is 31.2 Å². The Hall–Kier alpha value is -4.33. The largest absolute Gasteiger partial charge is 0.350 e. The van der Waals surface area contributed by atoms with Crippen LogP contribution in [0, 0.1) is 17.0 Å². The van der Waals surface area contributed by atoms with Crippen molar-refractivity contribution in [2.24, 2.45) is 0 Å². The minimum Gasteiger partial charge on any atom is -0.350 e. The zero-order chi connectivity index (χ0) is 22.0. The fraction of sp³-hybridized carbons (Fsp3) is 0.0870. The fourth-order valence-electron chi connectivity index (χ4n) is 3.31. The number of carbonyl (C=O) groups excluding carboxylic acids is 2. The number of rotatable bonds is 6. The van der Waals surface area contributed by atoms with Gasteiger partial charge in [0.1, 0.15) is 5.70 Å². The lowest BCUT2D eigenvalue weighted by molar-refractivity contribution is -0.384. The molecule has 1 aromatic heterocycles. The van der Waals surface area contributed by atoms with Gasteiger partial charge in [-0.3, -0.25) is 29.6 Å². The first-order chi connectivity index (χ1) is 14.9. The van der Waals surface area contributed by atoms with Gasteiger partial charge < -0.3 is 5.32 Å². The molecule has 2 amide bonds. The van der Waals surface area contributed by atoms with Crippen LogP contribution >= 0.6 is 0 Å². The average Bonchev–Trinajstić information content (AvgIpc) is 3.00. The third-order valence-corrected chi connectivity index (χ3v) is 4.92. The average molecular weight is 414 g/mol. The van der Waals surface area contributed by atoms with Crippen molar-refractivity contribution in [3.63, 3.8) is 0 Å². The number of amides is 2. The third kappa shape index (κ3) is 4.04. The van der Waals surface area contributed by atoms with Crippen LogP contribution in [0.4, 0.5) is 11.4 Å². The molecule has 0 unspecified atom stereocenters. The van der Waals surface area contributed by atoms with Crippen LogP contribution in [-0.4, -0.2) is 26.6 Å². The number of imide groups is 1. The van der Waals surface area contributed by atoms with Crippen LogP contribution in [0.1, 0.15) is 16.7 Å². The first-order valence-electron chi connectivity index (χ1n) is 9.52. The smallest absolute Gasteiger partial charge is 0.278 e. The highest BCUT2D eigenvalue weighted by Crippen LogP contribution is 2.32. The van der Waals surface area contributed by atoms with Crippen LogP contribution in [0.2, 0.25) is 0 Å². The second-order valence-corrected chi connectivity index (χ2v) is 7.10. The lowest BCUT2D eigenvalue weighted by Gasteiger charge is -2.15. The molecule has 154 valence electrons. The molecule has 0 saturated carbocycles. The summed E-state index contributed by atoms with van der Waals surface area (Å²) >= 11 is 0. The van der Waals surface area contributed by atoms with Gasteiger partial charge in [-0.1, -0.05) is 23.8 Å². The standard InChI is InChI=1S/C23H18N4O4/c1-15-4-8-18(9-5-15)25-21-20(17-6-10-19(11-7-17)27(30)31)22(28)26(23(21)29)14-16-3-2-12-24-13-16/h2-13,25H,14H2,1H3. The number of aromatic nitrogens is 1. The van der Waals surface area contributed by atoms with Crippen LogP contribution in [0.15, 0.2) is 78.8 Å². The molecule has 0 aliphatic carbocycles. The van der Waals surface area contributed by atoms with Gasteiger partial charge in [-0.2, -0.15) is 0 Å². The Morgan fingerprint density at radius 2 is 1.71 bits per heavy atom. The van der Waals surface area contributed by atoms with Gasteiger partial charge in [-0.05, 0) is 48.4 Å². The molecule has 8 heteroatoms. The van der Waals surface area contributed by atoms with Gasteiger partial charge in [-0.15, -0.1) is 0 Å². The molecule has 4 rings (SSSR count). The second kappa shape index (κ2) is 8.19. The maximum atomic E-state index is 13.2. The lowest BCUT2D eigenvalue weighted by Crippen LogP contribution is -2.32. The number of hydrogen-bond acceptors (Lipinski definition) is 6. The van der Waals surface area contributed by atoms with Crippen molar-refractivity contribution in [2.75, 3.05) is 5.32 Å². The molecule has 2 aromatic carbocycles.